The number of rotatable bonds is 1. The van der Waals surface area contributed by atoms with Gasteiger partial charge in [0.25, 0.3) is 0 Å². The van der Waals surface area contributed by atoms with Gasteiger partial charge in [-0.1, -0.05) is 0 Å². The van der Waals surface area contributed by atoms with Crippen LogP contribution in [0.4, 0.5) is 0 Å². The van der Waals surface area contributed by atoms with Crippen molar-refractivity contribution in [2.75, 3.05) is 0 Å². The number of nitrogens with zero attached hydrogens (tertiary/aromatic N) is 4. The highest BCUT2D eigenvalue weighted by Gasteiger charge is 1.96. The van der Waals surface area contributed by atoms with Crippen LogP contribution in [0.2, 0.25) is 0 Å². The highest BCUT2D eigenvalue weighted by Crippen LogP contribution is 2.06. The first kappa shape index (κ1) is 7.50. The van der Waals surface area contributed by atoms with Crippen LogP contribution in [0.25, 0.3) is 5.69 Å². The van der Waals surface area contributed by atoms with Gasteiger partial charge in [0.1, 0.15) is 11.8 Å². The first-order valence-electron chi connectivity index (χ1n) is 3.74. The SMILES string of the molecule is N#Cc1cc(-n2ccnc2)ccn1. The zero-order chi connectivity index (χ0) is 9.10. The highest BCUT2D eigenvalue weighted by atomic mass is 15.0. The van der Waals surface area contributed by atoms with E-state index in [2.05, 4.69) is 9.97 Å². The predicted octanol–water partition coefficient (Wildman–Crippen LogP) is 1.14. The maximum absolute atomic E-state index is 8.62. The quantitative estimate of drug-likeness (QED) is 0.644. The van der Waals surface area contributed by atoms with Gasteiger partial charge in [-0.05, 0) is 12.1 Å². The Labute approximate surface area is 75.1 Å². The van der Waals surface area contributed by atoms with Crippen LogP contribution in [-0.4, -0.2) is 14.5 Å². The summed E-state index contributed by atoms with van der Waals surface area (Å²) in [5.41, 5.74) is 1.30. The molecule has 2 aromatic rings. The topological polar surface area (TPSA) is 54.5 Å². The molecule has 0 amide bonds. The molecule has 2 heterocycles. The molecule has 0 N–H and O–H groups in total. The monoisotopic (exact) mass is 170 g/mol. The molecule has 0 spiro atoms. The van der Waals surface area contributed by atoms with E-state index >= 15 is 0 Å². The molecule has 62 valence electrons. The molecule has 0 radical (unpaired) electrons. The molecule has 0 saturated carbocycles. The lowest BCUT2D eigenvalue weighted by atomic mass is 10.3. The first-order valence-corrected chi connectivity index (χ1v) is 3.74. The third-order valence-corrected chi connectivity index (χ3v) is 1.66. The van der Waals surface area contributed by atoms with Gasteiger partial charge in [-0.2, -0.15) is 5.26 Å². The molecule has 0 fully saturated rings. The smallest absolute Gasteiger partial charge is 0.142 e. The number of hydrogen-bond donors (Lipinski definition) is 0. The molecule has 0 aliphatic carbocycles. The molecule has 0 unspecified atom stereocenters. The summed E-state index contributed by atoms with van der Waals surface area (Å²) < 4.78 is 1.82. The minimum Gasteiger partial charge on any atom is -0.306 e. The molecular formula is C9H6N4. The van der Waals surface area contributed by atoms with Gasteiger partial charge >= 0.3 is 0 Å². The summed E-state index contributed by atoms with van der Waals surface area (Å²) >= 11 is 0. The van der Waals surface area contributed by atoms with Gasteiger partial charge in [-0.3, -0.25) is 0 Å². The minimum atomic E-state index is 0.409. The number of nitriles is 1. The van der Waals surface area contributed by atoms with Gasteiger partial charge in [0.15, 0.2) is 0 Å². The molecule has 0 bridgehead atoms. The van der Waals surface area contributed by atoms with Gasteiger partial charge in [-0.15, -0.1) is 0 Å². The summed E-state index contributed by atoms with van der Waals surface area (Å²) in [4.78, 5) is 7.79. The fourth-order valence-corrected chi connectivity index (χ4v) is 1.05. The van der Waals surface area contributed by atoms with E-state index in [1.54, 1.807) is 24.8 Å². The summed E-state index contributed by atoms with van der Waals surface area (Å²) in [6, 6.07) is 5.52. The summed E-state index contributed by atoms with van der Waals surface area (Å²) in [5.74, 6) is 0. The van der Waals surface area contributed by atoms with E-state index in [9.17, 15) is 0 Å². The molecule has 0 saturated heterocycles. The Kier molecular flexibility index (Phi) is 1.77. The summed E-state index contributed by atoms with van der Waals surface area (Å²) in [6.07, 6.45) is 6.79. The molecule has 0 aliphatic heterocycles. The van der Waals surface area contributed by atoms with Crippen LogP contribution in [0.5, 0.6) is 0 Å². The predicted molar refractivity (Wildman–Crippen MR) is 46.1 cm³/mol. The Morgan fingerprint density at radius 3 is 3.00 bits per heavy atom. The highest BCUT2D eigenvalue weighted by molar-refractivity contribution is 5.36. The van der Waals surface area contributed by atoms with E-state index in [0.29, 0.717) is 5.69 Å². The molecule has 0 aliphatic rings. The Balaban J connectivity index is 2.49. The van der Waals surface area contributed by atoms with Crippen LogP contribution < -0.4 is 0 Å². The van der Waals surface area contributed by atoms with Crippen molar-refractivity contribution in [2.45, 2.75) is 0 Å². The summed E-state index contributed by atoms with van der Waals surface area (Å²) in [5, 5.41) is 8.62. The standard InChI is InChI=1S/C9H6N4/c10-6-8-5-9(1-2-12-8)13-4-3-11-7-13/h1-5,7H. The van der Waals surface area contributed by atoms with Gasteiger partial charge in [-0.25, -0.2) is 9.97 Å². The van der Waals surface area contributed by atoms with E-state index in [0.717, 1.165) is 5.69 Å². The summed E-state index contributed by atoms with van der Waals surface area (Å²) in [7, 11) is 0. The van der Waals surface area contributed by atoms with Gasteiger partial charge in [0, 0.05) is 18.6 Å². The minimum absolute atomic E-state index is 0.409. The zero-order valence-corrected chi connectivity index (χ0v) is 6.75. The third-order valence-electron chi connectivity index (χ3n) is 1.66. The van der Waals surface area contributed by atoms with Crippen LogP contribution in [-0.2, 0) is 0 Å². The lowest BCUT2D eigenvalue weighted by Crippen LogP contribution is -1.91. The van der Waals surface area contributed by atoms with Crippen molar-refractivity contribution in [1.29, 1.82) is 5.26 Å². The number of aromatic nitrogens is 3. The van der Waals surface area contributed by atoms with E-state index in [-0.39, 0.29) is 0 Å². The van der Waals surface area contributed by atoms with Crippen molar-refractivity contribution >= 4 is 0 Å². The molecule has 2 aromatic heterocycles. The van der Waals surface area contributed by atoms with Crippen molar-refractivity contribution < 1.29 is 0 Å². The molecule has 0 atom stereocenters. The van der Waals surface area contributed by atoms with Crippen molar-refractivity contribution in [3.63, 3.8) is 0 Å². The number of hydrogen-bond acceptors (Lipinski definition) is 3. The maximum Gasteiger partial charge on any atom is 0.142 e. The number of imidazole rings is 1. The first-order chi connectivity index (χ1) is 6.40. The van der Waals surface area contributed by atoms with E-state index in [1.807, 2.05) is 22.9 Å². The van der Waals surface area contributed by atoms with Crippen LogP contribution in [0.3, 0.4) is 0 Å². The largest absolute Gasteiger partial charge is 0.306 e. The molecule has 2 rings (SSSR count). The average Bonchev–Trinajstić information content (AvgIpc) is 2.71. The van der Waals surface area contributed by atoms with E-state index in [1.165, 1.54) is 0 Å². The van der Waals surface area contributed by atoms with Crippen LogP contribution >= 0.6 is 0 Å². The Morgan fingerprint density at radius 2 is 2.31 bits per heavy atom. The fraction of sp³-hybridized carbons (Fsp3) is 0. The molecule has 0 aromatic carbocycles. The second kappa shape index (κ2) is 3.07. The maximum atomic E-state index is 8.62. The van der Waals surface area contributed by atoms with Crippen LogP contribution in [0, 0.1) is 11.3 Å². The molecule has 4 heteroatoms. The van der Waals surface area contributed by atoms with Gasteiger partial charge < -0.3 is 4.57 Å². The van der Waals surface area contributed by atoms with Crippen molar-refractivity contribution in [3.8, 4) is 11.8 Å². The second-order valence-electron chi connectivity index (χ2n) is 2.48. The Morgan fingerprint density at radius 1 is 1.38 bits per heavy atom. The molecule has 13 heavy (non-hydrogen) atoms. The van der Waals surface area contributed by atoms with Crippen LogP contribution in [0.1, 0.15) is 5.69 Å². The lowest BCUT2D eigenvalue weighted by Gasteiger charge is -1.99. The van der Waals surface area contributed by atoms with Gasteiger partial charge in [0.05, 0.1) is 12.0 Å². The Hall–Kier alpha value is -2.15. The second-order valence-corrected chi connectivity index (χ2v) is 2.48. The Bertz CT molecular complexity index is 439. The molecular weight excluding hydrogens is 164 g/mol. The van der Waals surface area contributed by atoms with Gasteiger partial charge in [0.2, 0.25) is 0 Å². The lowest BCUT2D eigenvalue weighted by molar-refractivity contribution is 1.04. The average molecular weight is 170 g/mol. The summed E-state index contributed by atoms with van der Waals surface area (Å²) in [6.45, 7) is 0. The van der Waals surface area contributed by atoms with Crippen molar-refractivity contribution in [3.05, 3.63) is 42.7 Å². The fourth-order valence-electron chi connectivity index (χ4n) is 1.05. The number of pyridine rings is 1. The molecule has 4 nitrogen and oxygen atoms in total. The van der Waals surface area contributed by atoms with E-state index < -0.39 is 0 Å². The normalized spacial score (nSPS) is 9.46. The van der Waals surface area contributed by atoms with Crippen LogP contribution in [0.15, 0.2) is 37.1 Å². The zero-order valence-electron chi connectivity index (χ0n) is 6.75. The van der Waals surface area contributed by atoms with Crippen molar-refractivity contribution in [2.24, 2.45) is 0 Å². The third kappa shape index (κ3) is 1.40. The van der Waals surface area contributed by atoms with E-state index in [4.69, 9.17) is 5.26 Å². The van der Waals surface area contributed by atoms with Crippen molar-refractivity contribution in [1.82, 2.24) is 14.5 Å².